The minimum atomic E-state index is 0.268. The van der Waals surface area contributed by atoms with Gasteiger partial charge in [0, 0.05) is 32.8 Å². The van der Waals surface area contributed by atoms with E-state index in [2.05, 4.69) is 30.9 Å². The van der Waals surface area contributed by atoms with E-state index in [0.29, 0.717) is 28.3 Å². The molecule has 0 radical (unpaired) electrons. The minimum Gasteiger partial charge on any atom is -0.384 e. The third-order valence-corrected chi connectivity index (χ3v) is 6.15. The maximum absolute atomic E-state index is 8.89. The van der Waals surface area contributed by atoms with Crippen LogP contribution in [0, 0.1) is 11.3 Å². The molecular formula is C14H9BrClN5S2. The van der Waals surface area contributed by atoms with E-state index in [-0.39, 0.29) is 5.69 Å². The van der Waals surface area contributed by atoms with E-state index >= 15 is 0 Å². The Kier molecular flexibility index (Phi) is 5.02. The molecule has 3 aromatic rings. The Labute approximate surface area is 154 Å². The van der Waals surface area contributed by atoms with Gasteiger partial charge in [0.25, 0.3) is 0 Å². The summed E-state index contributed by atoms with van der Waals surface area (Å²) in [4.78, 5) is 12.6. The Morgan fingerprint density at radius 2 is 2.17 bits per heavy atom. The van der Waals surface area contributed by atoms with Gasteiger partial charge in [-0.05, 0) is 28.4 Å². The van der Waals surface area contributed by atoms with Crippen LogP contribution >= 0.6 is 50.6 Å². The standard InChI is InChI=1S/C14H9BrClN5S2/c15-10-6-23-12-9(10)3-7(19-13(12)16)1-2-22-14-20-8(5-17)4-11(18)21-14/h3-4,6H,1-2H2,(H2,18,20,21). The van der Waals surface area contributed by atoms with E-state index in [1.54, 1.807) is 11.3 Å². The van der Waals surface area contributed by atoms with Gasteiger partial charge in [-0.1, -0.05) is 23.4 Å². The number of nitrogens with zero attached hydrogens (tertiary/aromatic N) is 4. The average molecular weight is 427 g/mol. The van der Waals surface area contributed by atoms with Crippen LogP contribution in [0.5, 0.6) is 0 Å². The van der Waals surface area contributed by atoms with E-state index in [1.807, 2.05) is 17.5 Å². The number of aryl methyl sites for hydroxylation is 1. The number of thiophene rings is 1. The van der Waals surface area contributed by atoms with Gasteiger partial charge in [-0.3, -0.25) is 0 Å². The molecule has 0 bridgehead atoms. The SMILES string of the molecule is N#Cc1cc(N)nc(SCCc2cc3c(Br)csc3c(Cl)n2)n1. The fraction of sp³-hybridized carbons (Fsp3) is 0.143. The highest BCUT2D eigenvalue weighted by Crippen LogP contribution is 2.34. The number of nitrogen functional groups attached to an aromatic ring is 1. The molecule has 23 heavy (non-hydrogen) atoms. The minimum absolute atomic E-state index is 0.268. The molecule has 0 aliphatic rings. The van der Waals surface area contributed by atoms with Crippen molar-refractivity contribution in [1.82, 2.24) is 15.0 Å². The number of nitriles is 1. The van der Waals surface area contributed by atoms with Crippen LogP contribution in [-0.4, -0.2) is 20.7 Å². The molecule has 0 atom stereocenters. The number of rotatable bonds is 4. The molecule has 0 aromatic carbocycles. The quantitative estimate of drug-likeness (QED) is 0.380. The van der Waals surface area contributed by atoms with Crippen molar-refractivity contribution in [2.24, 2.45) is 0 Å². The van der Waals surface area contributed by atoms with Crippen molar-refractivity contribution in [1.29, 1.82) is 5.26 Å². The largest absolute Gasteiger partial charge is 0.384 e. The second-order valence-corrected chi connectivity index (χ2v) is 7.69. The molecule has 0 unspecified atom stereocenters. The lowest BCUT2D eigenvalue weighted by atomic mass is 10.2. The summed E-state index contributed by atoms with van der Waals surface area (Å²) in [5, 5.41) is 13.0. The van der Waals surface area contributed by atoms with Gasteiger partial charge in [0.1, 0.15) is 22.7 Å². The third-order valence-electron chi connectivity index (χ3n) is 2.95. The van der Waals surface area contributed by atoms with Crippen LogP contribution in [0.2, 0.25) is 5.15 Å². The third kappa shape index (κ3) is 3.75. The molecular weight excluding hydrogens is 418 g/mol. The maximum atomic E-state index is 8.89. The van der Waals surface area contributed by atoms with Crippen LogP contribution in [0.25, 0.3) is 10.1 Å². The Morgan fingerprint density at radius 3 is 2.96 bits per heavy atom. The summed E-state index contributed by atoms with van der Waals surface area (Å²) < 4.78 is 2.00. The molecule has 0 aliphatic carbocycles. The van der Waals surface area contributed by atoms with Gasteiger partial charge in [-0.15, -0.1) is 11.3 Å². The predicted molar refractivity (Wildman–Crippen MR) is 97.9 cm³/mol. The van der Waals surface area contributed by atoms with Crippen molar-refractivity contribution in [3.8, 4) is 6.07 Å². The van der Waals surface area contributed by atoms with Crippen LogP contribution < -0.4 is 5.73 Å². The molecule has 0 saturated heterocycles. The van der Waals surface area contributed by atoms with Gasteiger partial charge in [0.15, 0.2) is 5.16 Å². The summed E-state index contributed by atoms with van der Waals surface area (Å²) in [5.41, 5.74) is 6.83. The van der Waals surface area contributed by atoms with Gasteiger partial charge >= 0.3 is 0 Å². The normalized spacial score (nSPS) is 10.8. The molecule has 9 heteroatoms. The second kappa shape index (κ2) is 7.01. The fourth-order valence-electron chi connectivity index (χ4n) is 1.96. The summed E-state index contributed by atoms with van der Waals surface area (Å²) in [5.74, 6) is 1.01. The van der Waals surface area contributed by atoms with Crippen molar-refractivity contribution >= 4 is 66.5 Å². The fourth-order valence-corrected chi connectivity index (χ4v) is 4.64. The highest BCUT2D eigenvalue weighted by molar-refractivity contribution is 9.10. The Morgan fingerprint density at radius 1 is 1.35 bits per heavy atom. The molecule has 3 heterocycles. The van der Waals surface area contributed by atoms with Crippen LogP contribution in [-0.2, 0) is 6.42 Å². The first kappa shape index (κ1) is 16.5. The monoisotopic (exact) mass is 425 g/mol. The van der Waals surface area contributed by atoms with Crippen molar-refractivity contribution in [3.05, 3.63) is 38.5 Å². The molecule has 116 valence electrons. The summed E-state index contributed by atoms with van der Waals surface area (Å²) in [6, 6.07) is 5.45. The van der Waals surface area contributed by atoms with E-state index in [4.69, 9.17) is 22.6 Å². The van der Waals surface area contributed by atoms with Gasteiger partial charge in [-0.25, -0.2) is 15.0 Å². The molecule has 5 nitrogen and oxygen atoms in total. The van der Waals surface area contributed by atoms with Crippen LogP contribution in [0.4, 0.5) is 5.82 Å². The smallest absolute Gasteiger partial charge is 0.190 e. The van der Waals surface area contributed by atoms with Gasteiger partial charge in [0.2, 0.25) is 0 Å². The zero-order chi connectivity index (χ0) is 16.4. The first-order valence-corrected chi connectivity index (χ1v) is 9.50. The number of fused-ring (bicyclic) bond motifs is 1. The topological polar surface area (TPSA) is 88.5 Å². The number of aromatic nitrogens is 3. The number of thioether (sulfide) groups is 1. The molecule has 0 spiro atoms. The summed E-state index contributed by atoms with van der Waals surface area (Å²) in [6.07, 6.45) is 0.711. The second-order valence-electron chi connectivity index (χ2n) is 4.54. The predicted octanol–water partition coefficient (Wildman–Crippen LogP) is 4.29. The number of anilines is 1. The number of pyridine rings is 1. The van der Waals surface area contributed by atoms with E-state index in [1.165, 1.54) is 17.8 Å². The van der Waals surface area contributed by atoms with E-state index < -0.39 is 0 Å². The Hall–Kier alpha value is -1.40. The lowest BCUT2D eigenvalue weighted by molar-refractivity contribution is 0.955. The van der Waals surface area contributed by atoms with Crippen molar-refractivity contribution in [2.45, 2.75) is 11.6 Å². The van der Waals surface area contributed by atoms with Gasteiger partial charge in [0.05, 0.1) is 4.70 Å². The van der Waals surface area contributed by atoms with Crippen molar-refractivity contribution < 1.29 is 0 Å². The number of hydrogen-bond acceptors (Lipinski definition) is 7. The molecule has 2 N–H and O–H groups in total. The molecule has 0 saturated carbocycles. The lowest BCUT2D eigenvalue weighted by Gasteiger charge is -2.04. The first-order chi connectivity index (χ1) is 11.1. The molecule has 3 aromatic heterocycles. The zero-order valence-corrected chi connectivity index (χ0v) is 15.6. The van der Waals surface area contributed by atoms with Crippen LogP contribution in [0.3, 0.4) is 0 Å². The molecule has 3 rings (SSSR count). The van der Waals surface area contributed by atoms with E-state index in [0.717, 1.165) is 20.3 Å². The average Bonchev–Trinajstić information content (AvgIpc) is 2.89. The summed E-state index contributed by atoms with van der Waals surface area (Å²) >= 11 is 12.7. The lowest BCUT2D eigenvalue weighted by Crippen LogP contribution is -1.99. The summed E-state index contributed by atoms with van der Waals surface area (Å²) in [7, 11) is 0. The van der Waals surface area contributed by atoms with Crippen LogP contribution in [0.1, 0.15) is 11.4 Å². The zero-order valence-electron chi connectivity index (χ0n) is 11.6. The van der Waals surface area contributed by atoms with E-state index in [9.17, 15) is 0 Å². The van der Waals surface area contributed by atoms with Gasteiger partial charge in [-0.2, -0.15) is 5.26 Å². The number of nitrogens with two attached hydrogens (primary N) is 1. The van der Waals surface area contributed by atoms with Crippen molar-refractivity contribution in [3.63, 3.8) is 0 Å². The molecule has 0 amide bonds. The van der Waals surface area contributed by atoms with Crippen LogP contribution in [0.15, 0.2) is 27.1 Å². The highest BCUT2D eigenvalue weighted by atomic mass is 79.9. The molecule has 0 aliphatic heterocycles. The Bertz CT molecular complexity index is 921. The van der Waals surface area contributed by atoms with Crippen molar-refractivity contribution in [2.75, 3.05) is 11.5 Å². The van der Waals surface area contributed by atoms with Gasteiger partial charge < -0.3 is 5.73 Å². The Balaban J connectivity index is 1.73. The maximum Gasteiger partial charge on any atom is 0.190 e. The number of halogens is 2. The first-order valence-electron chi connectivity index (χ1n) is 6.46. The number of hydrogen-bond donors (Lipinski definition) is 1. The summed E-state index contributed by atoms with van der Waals surface area (Å²) in [6.45, 7) is 0. The highest BCUT2D eigenvalue weighted by Gasteiger charge is 2.10. The molecule has 0 fully saturated rings.